The van der Waals surface area contributed by atoms with Crippen molar-refractivity contribution in [1.82, 2.24) is 5.32 Å². The molecule has 1 N–H and O–H groups in total. The second-order valence-corrected chi connectivity index (χ2v) is 4.13. The molecule has 0 radical (unpaired) electrons. The number of rotatable bonds is 0. The number of hydrogen-bond donors (Lipinski definition) is 1. The predicted molar refractivity (Wildman–Crippen MR) is 70.9 cm³/mol. The molecule has 1 aliphatic heterocycles. The predicted octanol–water partition coefficient (Wildman–Crippen LogP) is 3.43. The van der Waals surface area contributed by atoms with Crippen LogP contribution in [0.3, 0.4) is 0 Å². The zero-order valence-electron chi connectivity index (χ0n) is 8.63. The lowest BCUT2D eigenvalue weighted by Crippen LogP contribution is -2.18. The van der Waals surface area contributed by atoms with Crippen molar-refractivity contribution in [1.29, 1.82) is 0 Å². The largest absolute Gasteiger partial charge is 0.316 e. The van der Waals surface area contributed by atoms with Crippen LogP contribution >= 0.6 is 36.4 Å². The van der Waals surface area contributed by atoms with Gasteiger partial charge in [-0.2, -0.15) is 0 Å². The molecule has 0 aliphatic carbocycles. The van der Waals surface area contributed by atoms with Crippen LogP contribution in [-0.4, -0.2) is 13.1 Å². The zero-order chi connectivity index (χ0) is 9.26. The summed E-state index contributed by atoms with van der Waals surface area (Å²) in [6.45, 7) is 4.39. The van der Waals surface area contributed by atoms with Gasteiger partial charge in [-0.05, 0) is 42.1 Å². The lowest BCUT2D eigenvalue weighted by atomic mass is 9.96. The molecular formula is C11H16Cl3N. The van der Waals surface area contributed by atoms with Crippen molar-refractivity contribution in [2.45, 2.75) is 19.3 Å². The Balaban J connectivity index is 0.000000980. The first-order valence-electron chi connectivity index (χ1n) is 4.76. The van der Waals surface area contributed by atoms with E-state index in [-0.39, 0.29) is 24.8 Å². The molecule has 1 nitrogen and oxygen atoms in total. The number of hydrogen-bond acceptors (Lipinski definition) is 1. The molecule has 0 amide bonds. The molecule has 1 aromatic rings. The summed E-state index contributed by atoms with van der Waals surface area (Å²) in [7, 11) is 0. The van der Waals surface area contributed by atoms with Crippen molar-refractivity contribution in [3.8, 4) is 0 Å². The summed E-state index contributed by atoms with van der Waals surface area (Å²) in [6.07, 6.45) is 1.12. The second-order valence-electron chi connectivity index (χ2n) is 3.70. The van der Waals surface area contributed by atoms with Gasteiger partial charge in [0.2, 0.25) is 0 Å². The SMILES string of the molecule is C[C@H]1CNCCc2ccc(Cl)cc21.Cl.Cl. The summed E-state index contributed by atoms with van der Waals surface area (Å²) in [5.41, 5.74) is 2.86. The highest BCUT2D eigenvalue weighted by molar-refractivity contribution is 6.30. The van der Waals surface area contributed by atoms with Crippen molar-refractivity contribution in [3.63, 3.8) is 0 Å². The molecule has 1 heterocycles. The van der Waals surface area contributed by atoms with Crippen LogP contribution in [0.2, 0.25) is 5.02 Å². The highest BCUT2D eigenvalue weighted by atomic mass is 35.5. The number of benzene rings is 1. The Morgan fingerprint density at radius 3 is 2.80 bits per heavy atom. The molecule has 4 heteroatoms. The summed E-state index contributed by atoms with van der Waals surface area (Å²) < 4.78 is 0. The maximum Gasteiger partial charge on any atom is 0.0409 e. The third kappa shape index (κ3) is 3.53. The minimum absolute atomic E-state index is 0. The minimum Gasteiger partial charge on any atom is -0.316 e. The van der Waals surface area contributed by atoms with E-state index in [1.54, 1.807) is 0 Å². The van der Waals surface area contributed by atoms with Gasteiger partial charge < -0.3 is 5.32 Å². The summed E-state index contributed by atoms with van der Waals surface area (Å²) in [5.74, 6) is 0.580. The third-order valence-electron chi connectivity index (χ3n) is 2.66. The van der Waals surface area contributed by atoms with E-state index in [1.807, 2.05) is 6.07 Å². The fourth-order valence-electron chi connectivity index (χ4n) is 1.90. The van der Waals surface area contributed by atoms with Crippen molar-refractivity contribution in [2.75, 3.05) is 13.1 Å². The van der Waals surface area contributed by atoms with E-state index in [0.717, 1.165) is 24.5 Å². The van der Waals surface area contributed by atoms with Gasteiger partial charge in [0.05, 0.1) is 0 Å². The van der Waals surface area contributed by atoms with Gasteiger partial charge in [-0.3, -0.25) is 0 Å². The first kappa shape index (κ1) is 15.0. The second kappa shape index (κ2) is 6.59. The van der Waals surface area contributed by atoms with E-state index in [9.17, 15) is 0 Å². The average molecular weight is 269 g/mol. The fourth-order valence-corrected chi connectivity index (χ4v) is 2.08. The molecule has 0 unspecified atom stereocenters. The highest BCUT2D eigenvalue weighted by Gasteiger charge is 2.13. The molecule has 0 fully saturated rings. The lowest BCUT2D eigenvalue weighted by Gasteiger charge is -2.11. The molecule has 0 saturated heterocycles. The molecular weight excluding hydrogens is 252 g/mol. The molecule has 0 spiro atoms. The van der Waals surface area contributed by atoms with E-state index in [2.05, 4.69) is 24.4 Å². The Morgan fingerprint density at radius 2 is 2.07 bits per heavy atom. The van der Waals surface area contributed by atoms with Crippen molar-refractivity contribution >= 4 is 36.4 Å². The van der Waals surface area contributed by atoms with Crippen molar-refractivity contribution in [2.24, 2.45) is 0 Å². The monoisotopic (exact) mass is 267 g/mol. The van der Waals surface area contributed by atoms with Gasteiger partial charge in [-0.1, -0.05) is 24.6 Å². The van der Waals surface area contributed by atoms with Gasteiger partial charge in [-0.25, -0.2) is 0 Å². The molecule has 0 saturated carbocycles. The highest BCUT2D eigenvalue weighted by Crippen LogP contribution is 2.25. The Morgan fingerprint density at radius 1 is 1.33 bits per heavy atom. The van der Waals surface area contributed by atoms with Crippen LogP contribution in [0, 0.1) is 0 Å². The van der Waals surface area contributed by atoms with Gasteiger partial charge >= 0.3 is 0 Å². The molecule has 1 atom stereocenters. The van der Waals surface area contributed by atoms with E-state index in [0.29, 0.717) is 5.92 Å². The number of nitrogens with one attached hydrogen (secondary N) is 1. The zero-order valence-corrected chi connectivity index (χ0v) is 11.0. The number of fused-ring (bicyclic) bond motifs is 1. The van der Waals surface area contributed by atoms with Crippen LogP contribution in [0.15, 0.2) is 18.2 Å². The maximum atomic E-state index is 5.97. The van der Waals surface area contributed by atoms with Gasteiger partial charge in [-0.15, -0.1) is 24.8 Å². The van der Waals surface area contributed by atoms with Crippen molar-refractivity contribution in [3.05, 3.63) is 34.3 Å². The van der Waals surface area contributed by atoms with Crippen LogP contribution in [-0.2, 0) is 6.42 Å². The van der Waals surface area contributed by atoms with E-state index >= 15 is 0 Å². The third-order valence-corrected chi connectivity index (χ3v) is 2.90. The van der Waals surface area contributed by atoms with Gasteiger partial charge in [0.15, 0.2) is 0 Å². The normalized spacial score (nSPS) is 19.2. The molecule has 2 rings (SSSR count). The van der Waals surface area contributed by atoms with Crippen LogP contribution in [0.1, 0.15) is 24.0 Å². The van der Waals surface area contributed by atoms with E-state index in [1.165, 1.54) is 11.1 Å². The van der Waals surface area contributed by atoms with E-state index < -0.39 is 0 Å². The van der Waals surface area contributed by atoms with E-state index in [4.69, 9.17) is 11.6 Å². The first-order valence-corrected chi connectivity index (χ1v) is 5.14. The molecule has 0 bridgehead atoms. The average Bonchev–Trinajstić information content (AvgIpc) is 2.29. The summed E-state index contributed by atoms with van der Waals surface area (Å²) >= 11 is 5.97. The standard InChI is InChI=1S/C11H14ClN.2ClH/c1-8-7-13-5-4-9-2-3-10(12)6-11(8)9;;/h2-3,6,8,13H,4-5,7H2,1H3;2*1H/t8-;;/m0../s1. The molecule has 0 aromatic heterocycles. The van der Waals surface area contributed by atoms with Gasteiger partial charge in [0.1, 0.15) is 0 Å². The van der Waals surface area contributed by atoms with Crippen LogP contribution < -0.4 is 5.32 Å². The maximum absolute atomic E-state index is 5.97. The fraction of sp³-hybridized carbons (Fsp3) is 0.455. The molecule has 15 heavy (non-hydrogen) atoms. The molecule has 1 aliphatic rings. The van der Waals surface area contributed by atoms with Crippen molar-refractivity contribution < 1.29 is 0 Å². The molecule has 86 valence electrons. The lowest BCUT2D eigenvalue weighted by molar-refractivity contribution is 0.644. The first-order chi connectivity index (χ1) is 6.27. The summed E-state index contributed by atoms with van der Waals surface area (Å²) in [5, 5.41) is 4.27. The quantitative estimate of drug-likeness (QED) is 0.760. The van der Waals surface area contributed by atoms with Gasteiger partial charge in [0, 0.05) is 11.6 Å². The number of halogens is 3. The van der Waals surface area contributed by atoms with Crippen LogP contribution in [0.5, 0.6) is 0 Å². The Labute approximate surface area is 108 Å². The molecule has 1 aromatic carbocycles. The Bertz CT molecular complexity index is 315. The minimum atomic E-state index is 0. The van der Waals surface area contributed by atoms with Crippen LogP contribution in [0.25, 0.3) is 0 Å². The topological polar surface area (TPSA) is 12.0 Å². The summed E-state index contributed by atoms with van der Waals surface area (Å²) in [4.78, 5) is 0. The smallest absolute Gasteiger partial charge is 0.0409 e. The Kier molecular flexibility index (Phi) is 6.62. The van der Waals surface area contributed by atoms with Gasteiger partial charge in [0.25, 0.3) is 0 Å². The summed E-state index contributed by atoms with van der Waals surface area (Å²) in [6, 6.07) is 6.24. The van der Waals surface area contributed by atoms with Crippen LogP contribution in [0.4, 0.5) is 0 Å². The Hall–Kier alpha value is 0.0500.